The van der Waals surface area contributed by atoms with Crippen LogP contribution in [0.2, 0.25) is 0 Å². The number of pyridine rings is 1. The zero-order chi connectivity index (χ0) is 24.0. The van der Waals surface area contributed by atoms with Gasteiger partial charge in [0.25, 0.3) is 11.5 Å². The van der Waals surface area contributed by atoms with E-state index in [4.69, 9.17) is 5.73 Å². The second kappa shape index (κ2) is 8.38. The van der Waals surface area contributed by atoms with Gasteiger partial charge in [-0.05, 0) is 47.1 Å². The van der Waals surface area contributed by atoms with Crippen LogP contribution in [0, 0.1) is 5.82 Å². The average molecular weight is 521 g/mol. The van der Waals surface area contributed by atoms with E-state index < -0.39 is 23.3 Å². The topological polar surface area (TPSA) is 107 Å². The molecule has 0 aliphatic carbocycles. The van der Waals surface area contributed by atoms with Crippen molar-refractivity contribution in [2.75, 3.05) is 5.73 Å². The Bertz CT molecular complexity index is 1630. The Balaban J connectivity index is 1.68. The Morgan fingerprint density at radius 3 is 2.68 bits per heavy atom. The molecule has 0 aliphatic rings. The van der Waals surface area contributed by atoms with Crippen LogP contribution in [-0.2, 0) is 0 Å². The summed E-state index contributed by atoms with van der Waals surface area (Å²) in [5, 5.41) is 7.38. The first-order chi connectivity index (χ1) is 16.4. The number of hydrogen-bond acceptors (Lipinski definition) is 5. The number of halogens is 2. The van der Waals surface area contributed by atoms with Gasteiger partial charge in [-0.25, -0.2) is 13.9 Å². The lowest BCUT2D eigenvalue weighted by molar-refractivity contribution is 0.0941. The molecule has 8 nitrogen and oxygen atoms in total. The molecule has 10 heteroatoms. The molecule has 0 radical (unpaired) electrons. The number of fused-ring (bicyclic) bond motifs is 2. The minimum absolute atomic E-state index is 0.0310. The number of nitrogens with one attached hydrogen (secondary N) is 1. The molecule has 5 rings (SSSR count). The molecule has 3 heterocycles. The summed E-state index contributed by atoms with van der Waals surface area (Å²) in [7, 11) is 0. The fourth-order valence-electron chi connectivity index (χ4n) is 4.06. The lowest BCUT2D eigenvalue weighted by atomic mass is 10.1. The van der Waals surface area contributed by atoms with E-state index in [2.05, 4.69) is 31.3 Å². The Kier molecular flexibility index (Phi) is 5.37. The molecule has 0 saturated heterocycles. The SMILES string of the molecule is C[C@H](NC(=O)c1c(N)nn2cccnc12)c1c(Br)c2cccc(F)c2c(=O)n1-c1ccccc1. The van der Waals surface area contributed by atoms with Crippen molar-refractivity contribution in [1.29, 1.82) is 0 Å². The number of nitrogens with zero attached hydrogens (tertiary/aromatic N) is 4. The molecule has 0 saturated carbocycles. The van der Waals surface area contributed by atoms with Crippen molar-refractivity contribution in [1.82, 2.24) is 24.5 Å². The minimum Gasteiger partial charge on any atom is -0.381 e. The molecular weight excluding hydrogens is 503 g/mol. The highest BCUT2D eigenvalue weighted by molar-refractivity contribution is 9.10. The van der Waals surface area contributed by atoms with Crippen LogP contribution in [0.4, 0.5) is 10.2 Å². The minimum atomic E-state index is -0.680. The fourth-order valence-corrected chi connectivity index (χ4v) is 4.91. The molecule has 0 unspecified atom stereocenters. The van der Waals surface area contributed by atoms with Crippen molar-refractivity contribution < 1.29 is 9.18 Å². The molecule has 0 bridgehead atoms. The normalized spacial score (nSPS) is 12.2. The number of nitrogens with two attached hydrogens (primary N) is 1. The maximum atomic E-state index is 14.7. The number of carbonyl (C=O) groups is 1. The maximum absolute atomic E-state index is 14.7. The lowest BCUT2D eigenvalue weighted by Crippen LogP contribution is -2.33. The first-order valence-electron chi connectivity index (χ1n) is 10.4. The van der Waals surface area contributed by atoms with Crippen LogP contribution in [0.3, 0.4) is 0 Å². The molecule has 1 amide bonds. The van der Waals surface area contributed by atoms with Gasteiger partial charge < -0.3 is 11.1 Å². The summed E-state index contributed by atoms with van der Waals surface area (Å²) in [4.78, 5) is 31.0. The van der Waals surface area contributed by atoms with Crippen molar-refractivity contribution >= 4 is 44.1 Å². The number of benzene rings is 2. The molecule has 0 aliphatic heterocycles. The number of aromatic nitrogens is 4. The van der Waals surface area contributed by atoms with Gasteiger partial charge in [-0.2, -0.15) is 0 Å². The molecule has 34 heavy (non-hydrogen) atoms. The average Bonchev–Trinajstić information content (AvgIpc) is 3.17. The van der Waals surface area contributed by atoms with E-state index in [-0.39, 0.29) is 16.8 Å². The smallest absolute Gasteiger partial charge is 0.266 e. The van der Waals surface area contributed by atoms with Gasteiger partial charge in [0.15, 0.2) is 11.5 Å². The highest BCUT2D eigenvalue weighted by Gasteiger charge is 2.26. The van der Waals surface area contributed by atoms with Gasteiger partial charge in [0.05, 0.1) is 17.1 Å². The third kappa shape index (κ3) is 3.43. The van der Waals surface area contributed by atoms with Crippen molar-refractivity contribution in [3.63, 3.8) is 0 Å². The van der Waals surface area contributed by atoms with Crippen LogP contribution in [0.25, 0.3) is 22.1 Å². The molecule has 1 atom stereocenters. The highest BCUT2D eigenvalue weighted by atomic mass is 79.9. The van der Waals surface area contributed by atoms with Gasteiger partial charge in [-0.1, -0.05) is 30.3 Å². The fraction of sp³-hybridized carbons (Fsp3) is 0.0833. The number of para-hydroxylation sites is 1. The van der Waals surface area contributed by atoms with E-state index in [0.717, 1.165) is 0 Å². The van der Waals surface area contributed by atoms with Crippen molar-refractivity contribution in [3.8, 4) is 5.69 Å². The molecule has 0 spiro atoms. The summed E-state index contributed by atoms with van der Waals surface area (Å²) in [5.74, 6) is -1.10. The number of rotatable bonds is 4. The molecule has 3 N–H and O–H groups in total. The van der Waals surface area contributed by atoms with Gasteiger partial charge in [0.2, 0.25) is 0 Å². The summed E-state index contributed by atoms with van der Waals surface area (Å²) in [6, 6.07) is 14.3. The van der Waals surface area contributed by atoms with Gasteiger partial charge in [-0.3, -0.25) is 14.2 Å². The second-order valence-corrected chi connectivity index (χ2v) is 8.47. The molecule has 170 valence electrons. The van der Waals surface area contributed by atoms with Crippen molar-refractivity contribution in [3.05, 3.63) is 98.9 Å². The Morgan fingerprint density at radius 2 is 1.91 bits per heavy atom. The zero-order valence-corrected chi connectivity index (χ0v) is 19.5. The highest BCUT2D eigenvalue weighted by Crippen LogP contribution is 2.32. The van der Waals surface area contributed by atoms with Crippen LogP contribution in [0.5, 0.6) is 0 Å². The van der Waals surface area contributed by atoms with Crippen molar-refractivity contribution in [2.45, 2.75) is 13.0 Å². The lowest BCUT2D eigenvalue weighted by Gasteiger charge is -2.23. The zero-order valence-electron chi connectivity index (χ0n) is 17.9. The summed E-state index contributed by atoms with van der Waals surface area (Å²) < 4.78 is 18.0. The summed E-state index contributed by atoms with van der Waals surface area (Å²) in [6.45, 7) is 1.73. The summed E-state index contributed by atoms with van der Waals surface area (Å²) >= 11 is 3.56. The van der Waals surface area contributed by atoms with E-state index in [1.54, 1.807) is 49.5 Å². The Labute approximate surface area is 201 Å². The first kappa shape index (κ1) is 21.8. The van der Waals surface area contributed by atoms with E-state index in [1.807, 2.05) is 6.07 Å². The van der Waals surface area contributed by atoms with E-state index >= 15 is 0 Å². The van der Waals surface area contributed by atoms with Crippen LogP contribution >= 0.6 is 15.9 Å². The number of carbonyl (C=O) groups excluding carboxylic acids is 1. The van der Waals surface area contributed by atoms with Crippen LogP contribution in [-0.4, -0.2) is 25.1 Å². The predicted molar refractivity (Wildman–Crippen MR) is 130 cm³/mol. The van der Waals surface area contributed by atoms with Crippen molar-refractivity contribution in [2.24, 2.45) is 0 Å². The molecular formula is C24H18BrFN6O2. The van der Waals surface area contributed by atoms with Crippen LogP contribution in [0.1, 0.15) is 29.0 Å². The largest absolute Gasteiger partial charge is 0.381 e. The maximum Gasteiger partial charge on any atom is 0.266 e. The van der Waals surface area contributed by atoms with Gasteiger partial charge in [-0.15, -0.1) is 5.10 Å². The standard InChI is InChI=1S/C24H18BrFN6O2/c1-13(29-23(33)18-21(27)30-31-12-6-11-28-22(18)31)20-19(25)15-9-5-10-16(26)17(15)24(34)32(20)14-7-3-2-4-8-14/h2-13H,1H3,(H2,27,30)(H,29,33)/t13-/m0/s1. The number of nitrogen functional groups attached to an aromatic ring is 1. The monoisotopic (exact) mass is 520 g/mol. The summed E-state index contributed by atoms with van der Waals surface area (Å²) in [5.41, 5.74) is 6.89. The van der Waals surface area contributed by atoms with Gasteiger partial charge in [0.1, 0.15) is 11.4 Å². The van der Waals surface area contributed by atoms with E-state index in [1.165, 1.54) is 27.4 Å². The third-order valence-corrected chi connectivity index (χ3v) is 6.39. The number of anilines is 1. The van der Waals surface area contributed by atoms with Crippen LogP contribution in [0.15, 0.2) is 76.3 Å². The van der Waals surface area contributed by atoms with Gasteiger partial charge >= 0.3 is 0 Å². The molecule has 2 aromatic carbocycles. The van der Waals surface area contributed by atoms with Crippen LogP contribution < -0.4 is 16.6 Å². The molecule has 3 aromatic heterocycles. The third-order valence-electron chi connectivity index (χ3n) is 5.55. The Morgan fingerprint density at radius 1 is 1.15 bits per heavy atom. The second-order valence-electron chi connectivity index (χ2n) is 7.68. The van der Waals surface area contributed by atoms with E-state index in [0.29, 0.717) is 26.9 Å². The number of amides is 1. The Hall–Kier alpha value is -4.05. The first-order valence-corrected chi connectivity index (χ1v) is 11.2. The summed E-state index contributed by atoms with van der Waals surface area (Å²) in [6.07, 6.45) is 3.18. The number of hydrogen-bond donors (Lipinski definition) is 2. The molecule has 5 aromatic rings. The quantitative estimate of drug-likeness (QED) is 0.372. The van der Waals surface area contributed by atoms with E-state index in [9.17, 15) is 14.0 Å². The van der Waals surface area contributed by atoms with Gasteiger partial charge in [0, 0.05) is 27.9 Å². The molecule has 0 fully saturated rings. The predicted octanol–water partition coefficient (Wildman–Crippen LogP) is 4.01.